The minimum atomic E-state index is -0.116. The molecule has 0 unspecified atom stereocenters. The summed E-state index contributed by atoms with van der Waals surface area (Å²) in [4.78, 5) is 13.9. The van der Waals surface area contributed by atoms with Crippen molar-refractivity contribution in [3.05, 3.63) is 34.3 Å². The van der Waals surface area contributed by atoms with Crippen LogP contribution in [0.5, 0.6) is 0 Å². The van der Waals surface area contributed by atoms with E-state index in [1.807, 2.05) is 19.9 Å². The Morgan fingerprint density at radius 2 is 2.21 bits per heavy atom. The number of amides is 1. The average molecular weight is 284 g/mol. The van der Waals surface area contributed by atoms with Gasteiger partial charge in [0.15, 0.2) is 0 Å². The van der Waals surface area contributed by atoms with Crippen LogP contribution in [0, 0.1) is 6.92 Å². The zero-order chi connectivity index (χ0) is 14.4. The van der Waals surface area contributed by atoms with Crippen LogP contribution in [0.25, 0.3) is 0 Å². The van der Waals surface area contributed by atoms with Crippen LogP contribution in [0.2, 0.25) is 5.02 Å². The molecule has 0 aliphatic heterocycles. The van der Waals surface area contributed by atoms with Crippen LogP contribution in [0.4, 0.5) is 0 Å². The molecule has 3 N–H and O–H groups in total. The molecule has 0 spiro atoms. The highest BCUT2D eigenvalue weighted by atomic mass is 35.5. The smallest absolute Gasteiger partial charge is 0.253 e. The number of hydrogen-bond acceptors (Lipinski definition) is 3. The number of nitrogens with two attached hydrogens (primary N) is 1. The largest absolute Gasteiger partial charge is 0.409 e. The summed E-state index contributed by atoms with van der Waals surface area (Å²) in [7, 11) is 0. The van der Waals surface area contributed by atoms with Crippen molar-refractivity contribution in [2.45, 2.75) is 20.3 Å². The Bertz CT molecular complexity index is 489. The molecule has 0 saturated heterocycles. The first kappa shape index (κ1) is 15.3. The second kappa shape index (κ2) is 6.99. The quantitative estimate of drug-likeness (QED) is 0.376. The Kier molecular flexibility index (Phi) is 5.63. The fourth-order valence-electron chi connectivity index (χ4n) is 1.61. The van der Waals surface area contributed by atoms with Gasteiger partial charge in [-0.25, -0.2) is 0 Å². The van der Waals surface area contributed by atoms with E-state index in [0.717, 1.165) is 5.56 Å². The van der Waals surface area contributed by atoms with E-state index in [-0.39, 0.29) is 11.7 Å². The monoisotopic (exact) mass is 283 g/mol. The van der Waals surface area contributed by atoms with E-state index >= 15 is 0 Å². The third kappa shape index (κ3) is 4.13. The van der Waals surface area contributed by atoms with Gasteiger partial charge in [-0.3, -0.25) is 4.79 Å². The molecule has 0 aromatic heterocycles. The van der Waals surface area contributed by atoms with Gasteiger partial charge in [0, 0.05) is 30.1 Å². The van der Waals surface area contributed by atoms with Gasteiger partial charge in [0.25, 0.3) is 5.91 Å². The van der Waals surface area contributed by atoms with Crippen LogP contribution in [-0.2, 0) is 0 Å². The van der Waals surface area contributed by atoms with E-state index in [0.29, 0.717) is 30.1 Å². The molecule has 0 heterocycles. The molecule has 0 fully saturated rings. The maximum atomic E-state index is 12.3. The highest BCUT2D eigenvalue weighted by Crippen LogP contribution is 2.18. The normalized spacial score (nSPS) is 11.4. The van der Waals surface area contributed by atoms with Crippen molar-refractivity contribution in [3.8, 4) is 0 Å². The number of rotatable bonds is 5. The summed E-state index contributed by atoms with van der Waals surface area (Å²) in [6.07, 6.45) is 0.329. The standard InChI is InChI=1S/C13H18ClN3O2/c1-3-17(7-6-12(15)16-19)13(18)10-5-4-9(2)11(14)8-10/h4-5,8,19H,3,6-7H2,1-2H3,(H2,15,16). The number of oxime groups is 1. The highest BCUT2D eigenvalue weighted by Gasteiger charge is 2.15. The van der Waals surface area contributed by atoms with Gasteiger partial charge in [-0.1, -0.05) is 22.8 Å². The third-order valence-corrected chi connectivity index (χ3v) is 3.26. The minimum Gasteiger partial charge on any atom is -0.409 e. The fourth-order valence-corrected chi connectivity index (χ4v) is 1.79. The molecule has 0 aliphatic carbocycles. The predicted molar refractivity (Wildman–Crippen MR) is 75.8 cm³/mol. The Labute approximate surface area is 117 Å². The topological polar surface area (TPSA) is 78.9 Å². The van der Waals surface area contributed by atoms with Crippen LogP contribution in [-0.4, -0.2) is 34.9 Å². The molecule has 19 heavy (non-hydrogen) atoms. The maximum absolute atomic E-state index is 12.3. The van der Waals surface area contributed by atoms with Crippen molar-refractivity contribution in [2.24, 2.45) is 10.9 Å². The van der Waals surface area contributed by atoms with E-state index < -0.39 is 0 Å². The van der Waals surface area contributed by atoms with Crippen molar-refractivity contribution in [1.82, 2.24) is 4.90 Å². The predicted octanol–water partition coefficient (Wildman–Crippen LogP) is 2.25. The number of carbonyl (C=O) groups excluding carboxylic acids is 1. The first-order chi connectivity index (χ1) is 8.99. The van der Waals surface area contributed by atoms with Gasteiger partial charge in [0.05, 0.1) is 0 Å². The molecule has 0 aliphatic rings. The van der Waals surface area contributed by atoms with Gasteiger partial charge in [-0.15, -0.1) is 0 Å². The van der Waals surface area contributed by atoms with Gasteiger partial charge in [0.2, 0.25) is 0 Å². The molecule has 0 radical (unpaired) electrons. The molecule has 6 heteroatoms. The summed E-state index contributed by atoms with van der Waals surface area (Å²) >= 11 is 6.01. The van der Waals surface area contributed by atoms with Crippen LogP contribution in [0.3, 0.4) is 0 Å². The molecular weight excluding hydrogens is 266 g/mol. The number of hydrogen-bond donors (Lipinski definition) is 2. The summed E-state index contributed by atoms with van der Waals surface area (Å²) in [5.41, 5.74) is 6.87. The molecule has 1 amide bonds. The van der Waals surface area contributed by atoms with Gasteiger partial charge >= 0.3 is 0 Å². The van der Waals surface area contributed by atoms with Crippen LogP contribution in [0.1, 0.15) is 29.3 Å². The number of carbonyl (C=O) groups is 1. The molecule has 104 valence electrons. The van der Waals surface area contributed by atoms with Gasteiger partial charge in [-0.05, 0) is 31.5 Å². The lowest BCUT2D eigenvalue weighted by Crippen LogP contribution is -2.34. The molecule has 0 bridgehead atoms. The van der Waals surface area contributed by atoms with E-state index in [1.54, 1.807) is 17.0 Å². The third-order valence-electron chi connectivity index (χ3n) is 2.85. The number of benzene rings is 1. The van der Waals surface area contributed by atoms with E-state index in [2.05, 4.69) is 5.16 Å². The van der Waals surface area contributed by atoms with Crippen molar-refractivity contribution >= 4 is 23.3 Å². The Morgan fingerprint density at radius 1 is 1.53 bits per heavy atom. The van der Waals surface area contributed by atoms with Crippen molar-refractivity contribution in [3.63, 3.8) is 0 Å². The lowest BCUT2D eigenvalue weighted by atomic mass is 10.1. The summed E-state index contributed by atoms with van der Waals surface area (Å²) in [5, 5.41) is 11.9. The Balaban J connectivity index is 2.80. The minimum absolute atomic E-state index is 0.105. The SMILES string of the molecule is CCN(CCC(N)=NO)C(=O)c1ccc(C)c(Cl)c1. The molecular formula is C13H18ClN3O2. The first-order valence-corrected chi connectivity index (χ1v) is 6.39. The maximum Gasteiger partial charge on any atom is 0.253 e. The summed E-state index contributed by atoms with van der Waals surface area (Å²) in [6, 6.07) is 5.22. The van der Waals surface area contributed by atoms with E-state index in [9.17, 15) is 4.79 Å². The number of aryl methyl sites for hydroxylation is 1. The average Bonchev–Trinajstić information content (AvgIpc) is 2.41. The zero-order valence-electron chi connectivity index (χ0n) is 11.1. The van der Waals surface area contributed by atoms with Crippen LogP contribution < -0.4 is 5.73 Å². The first-order valence-electron chi connectivity index (χ1n) is 6.01. The Hall–Kier alpha value is -1.75. The van der Waals surface area contributed by atoms with Gasteiger partial charge < -0.3 is 15.8 Å². The van der Waals surface area contributed by atoms with Gasteiger partial charge in [-0.2, -0.15) is 0 Å². The summed E-state index contributed by atoms with van der Waals surface area (Å²) < 4.78 is 0. The molecule has 1 aromatic rings. The molecule has 0 atom stereocenters. The highest BCUT2D eigenvalue weighted by molar-refractivity contribution is 6.31. The second-order valence-corrected chi connectivity index (χ2v) is 4.60. The lowest BCUT2D eigenvalue weighted by Gasteiger charge is -2.20. The van der Waals surface area contributed by atoms with Crippen molar-refractivity contribution in [2.75, 3.05) is 13.1 Å². The summed E-state index contributed by atoms with van der Waals surface area (Å²) in [6.45, 7) is 4.70. The van der Waals surface area contributed by atoms with Gasteiger partial charge in [0.1, 0.15) is 5.84 Å². The second-order valence-electron chi connectivity index (χ2n) is 4.19. The van der Waals surface area contributed by atoms with E-state index in [4.69, 9.17) is 22.5 Å². The molecule has 1 rings (SSSR count). The fraction of sp³-hybridized carbons (Fsp3) is 0.385. The summed E-state index contributed by atoms with van der Waals surface area (Å²) in [5.74, 6) is -0.0108. The zero-order valence-corrected chi connectivity index (χ0v) is 11.8. The van der Waals surface area contributed by atoms with E-state index in [1.165, 1.54) is 0 Å². The number of halogens is 1. The van der Waals surface area contributed by atoms with Crippen LogP contribution >= 0.6 is 11.6 Å². The molecule has 0 saturated carbocycles. The number of nitrogens with zero attached hydrogens (tertiary/aromatic N) is 2. The Morgan fingerprint density at radius 3 is 2.74 bits per heavy atom. The molecule has 1 aromatic carbocycles. The lowest BCUT2D eigenvalue weighted by molar-refractivity contribution is 0.0768. The molecule has 5 nitrogen and oxygen atoms in total. The number of amidine groups is 1. The van der Waals surface area contributed by atoms with Crippen molar-refractivity contribution in [1.29, 1.82) is 0 Å². The van der Waals surface area contributed by atoms with Crippen molar-refractivity contribution < 1.29 is 10.0 Å². The van der Waals surface area contributed by atoms with Crippen LogP contribution in [0.15, 0.2) is 23.4 Å².